The van der Waals surface area contributed by atoms with E-state index in [1.807, 2.05) is 60.7 Å². The van der Waals surface area contributed by atoms with Gasteiger partial charge in [0, 0.05) is 18.0 Å². The van der Waals surface area contributed by atoms with Gasteiger partial charge < -0.3 is 10.1 Å². The van der Waals surface area contributed by atoms with Crippen molar-refractivity contribution in [1.29, 1.82) is 0 Å². The third-order valence-corrected chi connectivity index (χ3v) is 3.26. The van der Waals surface area contributed by atoms with Crippen molar-refractivity contribution >= 4 is 10.9 Å². The molecule has 0 fully saturated rings. The van der Waals surface area contributed by atoms with Crippen molar-refractivity contribution in [2.75, 3.05) is 6.54 Å². The molecule has 0 saturated heterocycles. The third kappa shape index (κ3) is 3.20. The van der Waals surface area contributed by atoms with Crippen LogP contribution in [0, 0.1) is 0 Å². The SMILES string of the molecule is CCNCc1cc(Oc2ccccc2)c2ccccc2n1. The minimum atomic E-state index is 0.743. The smallest absolute Gasteiger partial charge is 0.138 e. The second-order valence-electron chi connectivity index (χ2n) is 4.82. The molecule has 1 aromatic heterocycles. The van der Waals surface area contributed by atoms with Gasteiger partial charge in [0.25, 0.3) is 0 Å². The summed E-state index contributed by atoms with van der Waals surface area (Å²) in [7, 11) is 0. The number of ether oxygens (including phenoxy) is 1. The van der Waals surface area contributed by atoms with Crippen LogP contribution in [0.3, 0.4) is 0 Å². The average molecular weight is 278 g/mol. The van der Waals surface area contributed by atoms with Crippen molar-refractivity contribution in [2.24, 2.45) is 0 Å². The fourth-order valence-corrected chi connectivity index (χ4v) is 2.24. The number of nitrogens with zero attached hydrogens (tertiary/aromatic N) is 1. The highest BCUT2D eigenvalue weighted by Crippen LogP contribution is 2.29. The van der Waals surface area contributed by atoms with E-state index in [9.17, 15) is 0 Å². The minimum absolute atomic E-state index is 0.743. The molecule has 0 aliphatic rings. The first kappa shape index (κ1) is 13.6. The number of rotatable bonds is 5. The first-order valence-corrected chi connectivity index (χ1v) is 7.19. The summed E-state index contributed by atoms with van der Waals surface area (Å²) < 4.78 is 6.04. The van der Waals surface area contributed by atoms with Gasteiger partial charge in [-0.25, -0.2) is 0 Å². The van der Waals surface area contributed by atoms with Crippen LogP contribution in [0.15, 0.2) is 60.7 Å². The molecule has 1 heterocycles. The van der Waals surface area contributed by atoms with Gasteiger partial charge in [-0.1, -0.05) is 37.3 Å². The molecule has 0 spiro atoms. The first-order chi connectivity index (χ1) is 10.4. The lowest BCUT2D eigenvalue weighted by atomic mass is 10.2. The molecule has 21 heavy (non-hydrogen) atoms. The normalized spacial score (nSPS) is 10.7. The van der Waals surface area contributed by atoms with Gasteiger partial charge in [-0.15, -0.1) is 0 Å². The second-order valence-corrected chi connectivity index (χ2v) is 4.82. The van der Waals surface area contributed by atoms with E-state index in [1.54, 1.807) is 0 Å². The van der Waals surface area contributed by atoms with Crippen molar-refractivity contribution < 1.29 is 4.74 Å². The summed E-state index contributed by atoms with van der Waals surface area (Å²) in [4.78, 5) is 4.67. The maximum atomic E-state index is 6.04. The van der Waals surface area contributed by atoms with E-state index in [4.69, 9.17) is 4.74 Å². The summed E-state index contributed by atoms with van der Waals surface area (Å²) in [5.74, 6) is 1.68. The summed E-state index contributed by atoms with van der Waals surface area (Å²) >= 11 is 0. The number of fused-ring (bicyclic) bond motifs is 1. The average Bonchev–Trinajstić information content (AvgIpc) is 2.54. The predicted octanol–water partition coefficient (Wildman–Crippen LogP) is 4.14. The molecule has 0 radical (unpaired) electrons. The molecule has 0 bridgehead atoms. The number of hydrogen-bond acceptors (Lipinski definition) is 3. The summed E-state index contributed by atoms with van der Waals surface area (Å²) in [6.45, 7) is 3.75. The van der Waals surface area contributed by atoms with Crippen LogP contribution in [-0.2, 0) is 6.54 Å². The van der Waals surface area contributed by atoms with Gasteiger partial charge in [-0.3, -0.25) is 4.98 Å². The van der Waals surface area contributed by atoms with E-state index in [2.05, 4.69) is 17.2 Å². The van der Waals surface area contributed by atoms with Gasteiger partial charge in [0.05, 0.1) is 11.2 Å². The molecule has 3 nitrogen and oxygen atoms in total. The van der Waals surface area contributed by atoms with Crippen molar-refractivity contribution in [2.45, 2.75) is 13.5 Å². The Bertz CT molecular complexity index is 726. The Labute approximate surface area is 124 Å². The Morgan fingerprint density at radius 1 is 1.00 bits per heavy atom. The molecule has 0 aliphatic carbocycles. The predicted molar refractivity (Wildman–Crippen MR) is 85.6 cm³/mol. The fraction of sp³-hybridized carbons (Fsp3) is 0.167. The Hall–Kier alpha value is -2.39. The van der Waals surface area contributed by atoms with Crippen LogP contribution < -0.4 is 10.1 Å². The third-order valence-electron chi connectivity index (χ3n) is 3.26. The zero-order valence-corrected chi connectivity index (χ0v) is 12.0. The lowest BCUT2D eigenvalue weighted by Gasteiger charge is -2.11. The van der Waals surface area contributed by atoms with Crippen molar-refractivity contribution in [3.05, 3.63) is 66.4 Å². The Balaban J connectivity index is 2.02. The van der Waals surface area contributed by atoms with Crippen LogP contribution in [0.5, 0.6) is 11.5 Å². The van der Waals surface area contributed by atoms with E-state index < -0.39 is 0 Å². The zero-order chi connectivity index (χ0) is 14.5. The molecule has 2 aromatic carbocycles. The monoisotopic (exact) mass is 278 g/mol. The zero-order valence-electron chi connectivity index (χ0n) is 12.0. The van der Waals surface area contributed by atoms with Gasteiger partial charge >= 0.3 is 0 Å². The topological polar surface area (TPSA) is 34.1 Å². The second kappa shape index (κ2) is 6.37. The fourth-order valence-electron chi connectivity index (χ4n) is 2.24. The summed E-state index contributed by atoms with van der Waals surface area (Å²) in [6.07, 6.45) is 0. The van der Waals surface area contributed by atoms with Crippen molar-refractivity contribution in [3.8, 4) is 11.5 Å². The molecule has 0 aliphatic heterocycles. The van der Waals surface area contributed by atoms with Crippen LogP contribution in [-0.4, -0.2) is 11.5 Å². The van der Waals surface area contributed by atoms with Crippen LogP contribution in [0.1, 0.15) is 12.6 Å². The van der Waals surface area contributed by atoms with Gasteiger partial charge in [0.15, 0.2) is 0 Å². The quantitative estimate of drug-likeness (QED) is 0.761. The Morgan fingerprint density at radius 2 is 1.76 bits per heavy atom. The van der Waals surface area contributed by atoms with E-state index >= 15 is 0 Å². The molecular formula is C18H18N2O. The molecule has 1 N–H and O–H groups in total. The maximum Gasteiger partial charge on any atom is 0.138 e. The summed E-state index contributed by atoms with van der Waals surface area (Å²) in [5.41, 5.74) is 1.94. The lowest BCUT2D eigenvalue weighted by molar-refractivity contribution is 0.486. The Kier molecular flexibility index (Phi) is 4.12. The highest BCUT2D eigenvalue weighted by molar-refractivity contribution is 5.85. The van der Waals surface area contributed by atoms with Crippen LogP contribution in [0.4, 0.5) is 0 Å². The number of hydrogen-bond donors (Lipinski definition) is 1. The molecule has 0 amide bonds. The lowest BCUT2D eigenvalue weighted by Crippen LogP contribution is -2.13. The molecule has 0 saturated carbocycles. The van der Waals surface area contributed by atoms with Gasteiger partial charge in [0.1, 0.15) is 11.5 Å². The molecule has 106 valence electrons. The van der Waals surface area contributed by atoms with Gasteiger partial charge in [-0.05, 0) is 30.8 Å². The first-order valence-electron chi connectivity index (χ1n) is 7.19. The molecule has 3 rings (SSSR count). The number of benzene rings is 2. The highest BCUT2D eigenvalue weighted by Gasteiger charge is 2.07. The van der Waals surface area contributed by atoms with Crippen LogP contribution in [0.2, 0.25) is 0 Å². The highest BCUT2D eigenvalue weighted by atomic mass is 16.5. The molecule has 0 unspecified atom stereocenters. The number of aromatic nitrogens is 1. The van der Waals surface area contributed by atoms with Crippen molar-refractivity contribution in [1.82, 2.24) is 10.3 Å². The molecule has 3 aromatic rings. The van der Waals surface area contributed by atoms with Gasteiger partial charge in [0.2, 0.25) is 0 Å². The maximum absolute atomic E-state index is 6.04. The van der Waals surface area contributed by atoms with E-state index in [-0.39, 0.29) is 0 Å². The number of para-hydroxylation sites is 2. The largest absolute Gasteiger partial charge is 0.457 e. The van der Waals surface area contributed by atoms with E-state index in [0.29, 0.717) is 0 Å². The van der Waals surface area contributed by atoms with Crippen molar-refractivity contribution in [3.63, 3.8) is 0 Å². The summed E-state index contributed by atoms with van der Waals surface area (Å²) in [5, 5.41) is 4.33. The number of pyridine rings is 1. The Morgan fingerprint density at radius 3 is 2.57 bits per heavy atom. The molecule has 0 atom stereocenters. The van der Waals surface area contributed by atoms with Crippen LogP contribution in [0.25, 0.3) is 10.9 Å². The minimum Gasteiger partial charge on any atom is -0.457 e. The van der Waals surface area contributed by atoms with Gasteiger partial charge in [-0.2, -0.15) is 0 Å². The number of nitrogens with one attached hydrogen (secondary N) is 1. The molecule has 3 heteroatoms. The van der Waals surface area contributed by atoms with E-state index in [0.717, 1.165) is 41.2 Å². The van der Waals surface area contributed by atoms with E-state index in [1.165, 1.54) is 0 Å². The summed E-state index contributed by atoms with van der Waals surface area (Å²) in [6, 6.07) is 19.9. The van der Waals surface area contributed by atoms with Crippen LogP contribution >= 0.6 is 0 Å². The standard InChI is InChI=1S/C18H18N2O/c1-2-19-13-14-12-18(21-15-8-4-3-5-9-15)16-10-6-7-11-17(16)20-14/h3-12,19H,2,13H2,1H3. The molecular weight excluding hydrogens is 260 g/mol.